The molecule has 3 aromatic rings. The topological polar surface area (TPSA) is 110 Å². The van der Waals surface area contributed by atoms with Gasteiger partial charge in [0.25, 0.3) is 0 Å². The summed E-state index contributed by atoms with van der Waals surface area (Å²) in [5.41, 5.74) is 7.37. The molecule has 4 rings (SSSR count). The van der Waals surface area contributed by atoms with Crippen LogP contribution in [0.5, 0.6) is 0 Å². The van der Waals surface area contributed by atoms with Gasteiger partial charge in [0.1, 0.15) is 11.5 Å². The molecule has 11 heteroatoms. The van der Waals surface area contributed by atoms with E-state index in [0.29, 0.717) is 51.0 Å². The molecule has 1 aromatic heterocycles. The Morgan fingerprint density at radius 3 is 2.37 bits per heavy atom. The summed E-state index contributed by atoms with van der Waals surface area (Å²) in [5, 5.41) is 3.33. The van der Waals surface area contributed by atoms with Crippen LogP contribution in [0.15, 0.2) is 48.5 Å². The molecule has 0 saturated carbocycles. The molecular formula is C27H31Cl2N5O3S. The summed E-state index contributed by atoms with van der Waals surface area (Å²) in [4.78, 5) is 40.5. The average Bonchev–Trinajstić information content (AvgIpc) is 3.31. The van der Waals surface area contributed by atoms with Crippen molar-refractivity contribution in [2.45, 2.75) is 25.8 Å². The molecule has 1 aliphatic rings. The van der Waals surface area contributed by atoms with Crippen LogP contribution in [0.2, 0.25) is 10.0 Å². The van der Waals surface area contributed by atoms with Crippen LogP contribution in [0.4, 0.5) is 5.82 Å². The summed E-state index contributed by atoms with van der Waals surface area (Å²) in [6, 6.07) is 14.5. The summed E-state index contributed by atoms with van der Waals surface area (Å²) in [6.07, 6.45) is 3.47. The number of thioether (sulfide) groups is 1. The second-order valence-electron chi connectivity index (χ2n) is 8.74. The lowest BCUT2D eigenvalue weighted by molar-refractivity contribution is -0.117. The number of imidazole rings is 1. The molecule has 3 N–H and O–H groups in total. The average molecular weight is 577 g/mol. The van der Waals surface area contributed by atoms with Gasteiger partial charge in [-0.25, -0.2) is 4.98 Å². The number of nitrogens with two attached hydrogens (primary N) is 1. The fraction of sp³-hybridized carbons (Fsp3) is 0.333. The van der Waals surface area contributed by atoms with Crippen LogP contribution < -0.4 is 16.0 Å². The van der Waals surface area contributed by atoms with Crippen molar-refractivity contribution in [3.63, 3.8) is 0 Å². The van der Waals surface area contributed by atoms with E-state index in [2.05, 4.69) is 12.2 Å². The van der Waals surface area contributed by atoms with Gasteiger partial charge in [-0.2, -0.15) is 11.8 Å². The van der Waals surface area contributed by atoms with Crippen molar-refractivity contribution in [3.05, 3.63) is 64.3 Å². The van der Waals surface area contributed by atoms with Gasteiger partial charge in [0.15, 0.2) is 12.1 Å². The minimum atomic E-state index is -0.478. The van der Waals surface area contributed by atoms with Gasteiger partial charge in [0.05, 0.1) is 11.6 Å². The standard InChI is InChI=1S/C25H26Cl2N4O2S.C2H5NO/c1-16(17-10-12-34-13-11-17)30(14-23(28)33)25-22(15-32)31(19-8-6-18(26)7-9-19)24(29-25)20-4-2-3-5-21(20)27;1-3-2-4/h2-9,15-17H,10-14H2,1H3,(H2,28,33);2H,1H3,(H,3,4). The number of halogens is 2. The quantitative estimate of drug-likeness (QED) is 0.353. The Labute approximate surface area is 236 Å². The molecule has 1 saturated heterocycles. The number of hydrogen-bond donors (Lipinski definition) is 2. The van der Waals surface area contributed by atoms with E-state index >= 15 is 0 Å². The zero-order chi connectivity index (χ0) is 27.7. The number of benzene rings is 2. The zero-order valence-corrected chi connectivity index (χ0v) is 23.6. The van der Waals surface area contributed by atoms with E-state index in [0.717, 1.165) is 30.6 Å². The number of amides is 2. The summed E-state index contributed by atoms with van der Waals surface area (Å²) in [5.74, 6) is 2.96. The number of nitrogens with zero attached hydrogens (tertiary/aromatic N) is 3. The summed E-state index contributed by atoms with van der Waals surface area (Å²) >= 11 is 14.6. The minimum Gasteiger partial charge on any atom is -0.368 e. The first-order valence-corrected chi connectivity index (χ1v) is 14.1. The number of primary amides is 1. The number of carbonyl (C=O) groups excluding carboxylic acids is 3. The Hall–Kier alpha value is -3.01. The van der Waals surface area contributed by atoms with Crippen LogP contribution in [0.25, 0.3) is 17.1 Å². The van der Waals surface area contributed by atoms with E-state index in [1.54, 1.807) is 29.8 Å². The molecule has 1 aliphatic heterocycles. The number of anilines is 1. The third-order valence-corrected chi connectivity index (χ3v) is 7.99. The molecule has 38 heavy (non-hydrogen) atoms. The van der Waals surface area contributed by atoms with Crippen LogP contribution in [-0.2, 0) is 9.59 Å². The highest BCUT2D eigenvalue weighted by molar-refractivity contribution is 7.99. The first-order valence-electron chi connectivity index (χ1n) is 12.1. The maximum Gasteiger partial charge on any atom is 0.237 e. The van der Waals surface area contributed by atoms with Crippen molar-refractivity contribution < 1.29 is 14.4 Å². The van der Waals surface area contributed by atoms with E-state index in [4.69, 9.17) is 38.7 Å². The first kappa shape index (κ1) is 29.5. The van der Waals surface area contributed by atoms with Gasteiger partial charge in [0, 0.05) is 29.4 Å². The van der Waals surface area contributed by atoms with Gasteiger partial charge in [-0.05, 0) is 73.6 Å². The lowest BCUT2D eigenvalue weighted by Crippen LogP contribution is -2.45. The lowest BCUT2D eigenvalue weighted by Gasteiger charge is -2.36. The Morgan fingerprint density at radius 1 is 1.18 bits per heavy atom. The second kappa shape index (κ2) is 14.2. The van der Waals surface area contributed by atoms with Crippen molar-refractivity contribution in [1.29, 1.82) is 0 Å². The van der Waals surface area contributed by atoms with E-state index in [-0.39, 0.29) is 12.6 Å². The van der Waals surface area contributed by atoms with Crippen molar-refractivity contribution >= 4 is 59.4 Å². The molecule has 1 atom stereocenters. The van der Waals surface area contributed by atoms with Crippen LogP contribution in [-0.4, -0.2) is 59.3 Å². The Kier molecular flexibility index (Phi) is 11.1. The molecule has 0 radical (unpaired) electrons. The Bertz CT molecular complexity index is 1250. The predicted octanol–water partition coefficient (Wildman–Crippen LogP) is 4.84. The number of aromatic nitrogens is 2. The molecule has 1 fully saturated rings. The molecular weight excluding hydrogens is 545 g/mol. The zero-order valence-electron chi connectivity index (χ0n) is 21.3. The van der Waals surface area contributed by atoms with Crippen molar-refractivity contribution in [2.75, 3.05) is 30.0 Å². The SMILES string of the molecule is CC(C1CCSCC1)N(CC(N)=O)c1nc(-c2ccccc2Cl)n(-c2ccc(Cl)cc2)c1C=O.CNC=O. The molecule has 2 aromatic carbocycles. The molecule has 2 heterocycles. The number of carbonyl (C=O) groups is 3. The van der Waals surface area contributed by atoms with Crippen LogP contribution in [0.1, 0.15) is 30.3 Å². The van der Waals surface area contributed by atoms with Crippen LogP contribution >= 0.6 is 35.0 Å². The van der Waals surface area contributed by atoms with E-state index in [1.807, 2.05) is 47.0 Å². The van der Waals surface area contributed by atoms with Gasteiger partial charge in [0.2, 0.25) is 12.3 Å². The molecule has 202 valence electrons. The van der Waals surface area contributed by atoms with Crippen molar-refractivity contribution in [3.8, 4) is 17.1 Å². The summed E-state index contributed by atoms with van der Waals surface area (Å²) < 4.78 is 1.76. The monoisotopic (exact) mass is 575 g/mol. The third kappa shape index (κ3) is 7.09. The number of nitrogens with one attached hydrogen (secondary N) is 1. The van der Waals surface area contributed by atoms with Gasteiger partial charge in [-0.1, -0.05) is 35.3 Å². The highest BCUT2D eigenvalue weighted by atomic mass is 35.5. The van der Waals surface area contributed by atoms with Crippen molar-refractivity contribution in [1.82, 2.24) is 14.9 Å². The first-order chi connectivity index (χ1) is 18.3. The number of rotatable bonds is 9. The fourth-order valence-corrected chi connectivity index (χ4v) is 5.93. The van der Waals surface area contributed by atoms with Crippen LogP contribution in [0, 0.1) is 5.92 Å². The largest absolute Gasteiger partial charge is 0.368 e. The maximum atomic E-state index is 12.5. The summed E-state index contributed by atoms with van der Waals surface area (Å²) in [7, 11) is 1.56. The van der Waals surface area contributed by atoms with Gasteiger partial charge in [-0.15, -0.1) is 0 Å². The predicted molar refractivity (Wildman–Crippen MR) is 156 cm³/mol. The highest BCUT2D eigenvalue weighted by Crippen LogP contribution is 2.37. The van der Waals surface area contributed by atoms with Crippen molar-refractivity contribution in [2.24, 2.45) is 11.7 Å². The number of hydrogen-bond acceptors (Lipinski definition) is 6. The minimum absolute atomic E-state index is 0.0280. The smallest absolute Gasteiger partial charge is 0.237 e. The molecule has 0 aliphatic carbocycles. The van der Waals surface area contributed by atoms with E-state index in [1.165, 1.54) is 0 Å². The molecule has 0 bridgehead atoms. The molecule has 1 unspecified atom stereocenters. The maximum absolute atomic E-state index is 12.5. The second-order valence-corrected chi connectivity index (χ2v) is 10.8. The normalized spacial score (nSPS) is 14.1. The number of aldehydes is 1. The van der Waals surface area contributed by atoms with Gasteiger partial charge < -0.3 is 16.0 Å². The van der Waals surface area contributed by atoms with Gasteiger partial charge >= 0.3 is 0 Å². The van der Waals surface area contributed by atoms with Crippen LogP contribution in [0.3, 0.4) is 0 Å². The van der Waals surface area contributed by atoms with E-state index < -0.39 is 5.91 Å². The van der Waals surface area contributed by atoms with Gasteiger partial charge in [-0.3, -0.25) is 19.0 Å². The highest BCUT2D eigenvalue weighted by Gasteiger charge is 2.32. The Balaban J connectivity index is 0.000000934. The lowest BCUT2D eigenvalue weighted by atomic mass is 9.93. The summed E-state index contributed by atoms with van der Waals surface area (Å²) in [6.45, 7) is 2.04. The molecule has 8 nitrogen and oxygen atoms in total. The third-order valence-electron chi connectivity index (χ3n) is 6.36. The van der Waals surface area contributed by atoms with E-state index in [9.17, 15) is 9.59 Å². The fourth-order valence-electron chi connectivity index (χ4n) is 4.45. The molecule has 0 spiro atoms. The Morgan fingerprint density at radius 2 is 1.82 bits per heavy atom. The molecule has 2 amide bonds.